The maximum absolute atomic E-state index is 14.2. The minimum atomic E-state index is -5.12. The van der Waals surface area contributed by atoms with Gasteiger partial charge in [0.25, 0.3) is 10.0 Å². The number of aryl methyl sites for hydroxylation is 1. The van der Waals surface area contributed by atoms with Crippen molar-refractivity contribution >= 4 is 45.4 Å². The lowest BCUT2D eigenvalue weighted by Gasteiger charge is -2.55. The largest absolute Gasteiger partial charge is 0.493 e. The lowest BCUT2D eigenvalue weighted by molar-refractivity contribution is -1.08. The molecule has 46 heavy (non-hydrogen) atoms. The van der Waals surface area contributed by atoms with Crippen LogP contribution in [0.4, 0.5) is 4.39 Å². The summed E-state index contributed by atoms with van der Waals surface area (Å²) < 4.78 is 64.5. The summed E-state index contributed by atoms with van der Waals surface area (Å²) in [6.07, 6.45) is 3.34. The van der Waals surface area contributed by atoms with Crippen molar-refractivity contribution < 1.29 is 40.9 Å². The van der Waals surface area contributed by atoms with Crippen LogP contribution in [0.1, 0.15) is 35.3 Å². The van der Waals surface area contributed by atoms with E-state index >= 15 is 0 Å². The molecule has 0 aliphatic carbocycles. The summed E-state index contributed by atoms with van der Waals surface area (Å²) >= 11 is 0.965. The second kappa shape index (κ2) is 13.7. The fourth-order valence-corrected chi connectivity index (χ4v) is 11.0. The molecule has 0 radical (unpaired) electrons. The average Bonchev–Trinajstić information content (AvgIpc) is 3.37. The van der Waals surface area contributed by atoms with Gasteiger partial charge in [0.05, 0.1) is 31.6 Å². The Balaban J connectivity index is 1.21. The van der Waals surface area contributed by atoms with E-state index < -0.39 is 29.2 Å². The number of thiophene rings is 1. The maximum Gasteiger partial charge on any atom is 0.347 e. The SMILES string of the molecule is Cc1c(S(=O)(=O)NC(c2ccc(C#N)c(F)c2)P(=O)(O)O)sc2ccc(OCCC[N+]34CC[N+](CCCN=CN)(CC3)CC4)cc12. The zero-order chi connectivity index (χ0) is 33.2. The average molecular weight is 695 g/mol. The monoisotopic (exact) mass is 694 g/mol. The number of nitriles is 1. The number of halogens is 1. The summed E-state index contributed by atoms with van der Waals surface area (Å²) in [6, 6.07) is 9.88. The van der Waals surface area contributed by atoms with Crippen molar-refractivity contribution in [2.45, 2.75) is 29.8 Å². The first-order valence-corrected chi connectivity index (χ1v) is 19.1. The lowest BCUT2D eigenvalue weighted by Crippen LogP contribution is -2.75. The van der Waals surface area contributed by atoms with Gasteiger partial charge in [-0.3, -0.25) is 9.56 Å². The Morgan fingerprint density at radius 1 is 1.13 bits per heavy atom. The van der Waals surface area contributed by atoms with E-state index in [9.17, 15) is 27.2 Å². The Bertz CT molecular complexity index is 1800. The van der Waals surface area contributed by atoms with E-state index in [1.807, 2.05) is 0 Å². The molecule has 16 heteroatoms. The molecule has 1 atom stereocenters. The molecule has 3 aromatic rings. The highest BCUT2D eigenvalue weighted by atomic mass is 32.2. The van der Waals surface area contributed by atoms with Crippen LogP contribution in [0.5, 0.6) is 5.75 Å². The molecule has 6 rings (SSSR count). The lowest BCUT2D eigenvalue weighted by atomic mass is 10.1. The van der Waals surface area contributed by atoms with Gasteiger partial charge in [0.1, 0.15) is 66.9 Å². The van der Waals surface area contributed by atoms with Gasteiger partial charge >= 0.3 is 7.60 Å². The van der Waals surface area contributed by atoms with Crippen molar-refractivity contribution in [3.8, 4) is 11.8 Å². The number of rotatable bonds is 14. The number of nitrogens with two attached hydrogens (primary N) is 1. The number of quaternary nitrogens is 2. The number of benzene rings is 2. The minimum absolute atomic E-state index is 0.111. The molecule has 1 unspecified atom stereocenters. The van der Waals surface area contributed by atoms with Gasteiger partial charge < -0.3 is 29.2 Å². The predicted octanol–water partition coefficient (Wildman–Crippen LogP) is 3.18. The normalized spacial score (nSPS) is 22.3. The quantitative estimate of drug-likeness (QED) is 0.0655. The highest BCUT2D eigenvalue weighted by molar-refractivity contribution is 7.92. The van der Waals surface area contributed by atoms with E-state index in [2.05, 4.69) is 9.71 Å². The van der Waals surface area contributed by atoms with Gasteiger partial charge in [-0.1, -0.05) is 6.07 Å². The van der Waals surface area contributed by atoms with Gasteiger partial charge in [0.15, 0.2) is 0 Å². The van der Waals surface area contributed by atoms with Crippen LogP contribution in [0.2, 0.25) is 0 Å². The summed E-state index contributed by atoms with van der Waals surface area (Å²) in [5.41, 5.74) is 5.14. The van der Waals surface area contributed by atoms with E-state index in [1.54, 1.807) is 31.2 Å². The molecular weight excluding hydrogens is 654 g/mol. The zero-order valence-corrected chi connectivity index (χ0v) is 28.2. The summed E-state index contributed by atoms with van der Waals surface area (Å²) in [7, 11) is -9.57. The van der Waals surface area contributed by atoms with Crippen LogP contribution in [-0.4, -0.2) is 99.0 Å². The van der Waals surface area contributed by atoms with Crippen molar-refractivity contribution in [3.63, 3.8) is 0 Å². The van der Waals surface area contributed by atoms with Gasteiger partial charge in [-0.25, -0.2) is 12.8 Å². The van der Waals surface area contributed by atoms with Crippen molar-refractivity contribution in [1.82, 2.24) is 4.72 Å². The van der Waals surface area contributed by atoms with Crippen LogP contribution in [0, 0.1) is 24.1 Å². The molecule has 2 aromatic carbocycles. The zero-order valence-electron chi connectivity index (χ0n) is 25.6. The van der Waals surface area contributed by atoms with Gasteiger partial charge in [0, 0.05) is 29.5 Å². The standard InChI is InChI=1S/C30H38FN6O6PS2/c1-22-26-19-25(43-17-3-10-37-14-11-36(12-15-37,13-16-37)9-2-8-34-21-33)6-7-28(26)45-30(22)46(41,42)35-29(44(38,39)40)23-4-5-24(20-32)27(31)18-23/h4-7,18-19,21,29,35H,2-3,8-17H2,1H3,(H2-2,33,34,38,39,40)/p+2. The first-order valence-electron chi connectivity index (χ1n) is 15.1. The molecular formula is C30H40FN6O6PS2+2. The van der Waals surface area contributed by atoms with Crippen LogP contribution in [-0.2, 0) is 14.6 Å². The Kier molecular flexibility index (Phi) is 10.2. The molecule has 4 heterocycles. The molecule has 0 amide bonds. The predicted molar refractivity (Wildman–Crippen MR) is 175 cm³/mol. The van der Waals surface area contributed by atoms with Crippen LogP contribution in [0.25, 0.3) is 10.1 Å². The first kappa shape index (κ1) is 34.4. The molecule has 3 aliphatic heterocycles. The summed E-state index contributed by atoms with van der Waals surface area (Å²) in [5.74, 6) is -2.44. The third-order valence-electron chi connectivity index (χ3n) is 9.36. The van der Waals surface area contributed by atoms with Gasteiger partial charge in [-0.2, -0.15) is 9.98 Å². The van der Waals surface area contributed by atoms with Gasteiger partial charge in [0.2, 0.25) is 0 Å². The number of hydrogen-bond donors (Lipinski definition) is 4. The molecule has 2 bridgehead atoms. The fourth-order valence-electron chi connectivity index (χ4n) is 6.62. The van der Waals surface area contributed by atoms with E-state index in [0.29, 0.717) is 28.0 Å². The minimum Gasteiger partial charge on any atom is -0.493 e. The number of fused-ring (bicyclic) bond motifs is 4. The van der Waals surface area contributed by atoms with Crippen LogP contribution < -0.4 is 15.2 Å². The molecule has 248 valence electrons. The molecule has 3 aliphatic rings. The van der Waals surface area contributed by atoms with Crippen molar-refractivity contribution in [2.24, 2.45) is 10.7 Å². The van der Waals surface area contributed by atoms with Crippen molar-refractivity contribution in [3.05, 3.63) is 58.9 Å². The van der Waals surface area contributed by atoms with Crippen molar-refractivity contribution in [2.75, 3.05) is 65.5 Å². The number of sulfonamides is 1. The first-order chi connectivity index (χ1) is 21.8. The van der Waals surface area contributed by atoms with E-state index in [0.717, 1.165) is 66.5 Å². The van der Waals surface area contributed by atoms with Crippen LogP contribution >= 0.6 is 18.9 Å². The highest BCUT2D eigenvalue weighted by Crippen LogP contribution is 2.51. The third-order valence-corrected chi connectivity index (χ3v) is 13.9. The Hall–Kier alpha value is -2.93. The molecule has 12 nitrogen and oxygen atoms in total. The second-order valence-corrected chi connectivity index (χ2v) is 16.9. The van der Waals surface area contributed by atoms with Crippen LogP contribution in [0.15, 0.2) is 45.6 Å². The molecule has 5 N–H and O–H groups in total. The van der Waals surface area contributed by atoms with E-state index in [4.69, 9.17) is 15.7 Å². The van der Waals surface area contributed by atoms with E-state index in [-0.39, 0.29) is 15.3 Å². The molecule has 3 fully saturated rings. The molecule has 1 aromatic heterocycles. The van der Waals surface area contributed by atoms with Gasteiger partial charge in [-0.15, -0.1) is 11.3 Å². The Labute approximate surface area is 272 Å². The number of aliphatic imine (C=N–C) groups is 1. The Morgan fingerprint density at radius 3 is 2.37 bits per heavy atom. The summed E-state index contributed by atoms with van der Waals surface area (Å²) in [5, 5.41) is 9.62. The number of ether oxygens (including phenoxy) is 1. The smallest absolute Gasteiger partial charge is 0.347 e. The summed E-state index contributed by atoms with van der Waals surface area (Å²) in [4.78, 5) is 24.1. The molecule has 0 spiro atoms. The molecule has 3 saturated heterocycles. The number of nitrogens with one attached hydrogen (secondary N) is 1. The van der Waals surface area contributed by atoms with E-state index in [1.165, 1.54) is 50.1 Å². The number of nitrogens with zero attached hydrogens (tertiary/aromatic N) is 4. The van der Waals surface area contributed by atoms with Gasteiger partial charge in [-0.05, 0) is 48.4 Å². The summed E-state index contributed by atoms with van der Waals surface area (Å²) in [6.45, 7) is 12.3. The third kappa shape index (κ3) is 7.45. The fraction of sp³-hybridized carbons (Fsp3) is 0.467. The Morgan fingerprint density at radius 2 is 1.78 bits per heavy atom. The molecule has 0 saturated carbocycles. The number of piperazine rings is 3. The van der Waals surface area contributed by atoms with Crippen LogP contribution in [0.3, 0.4) is 0 Å². The maximum atomic E-state index is 14.2. The van der Waals surface area contributed by atoms with Crippen molar-refractivity contribution in [1.29, 1.82) is 5.26 Å². The topological polar surface area (TPSA) is 175 Å². The number of hydrogen-bond acceptors (Lipinski definition) is 7. The highest BCUT2D eigenvalue weighted by Gasteiger charge is 2.48. The second-order valence-electron chi connectivity index (χ2n) is 12.2.